The van der Waals surface area contributed by atoms with Crippen LogP contribution in [0.25, 0.3) is 17.2 Å². The number of carboxylic acid groups (broad SMARTS) is 1. The van der Waals surface area contributed by atoms with Gasteiger partial charge in [0.25, 0.3) is 6.43 Å². The molecule has 0 bridgehead atoms. The lowest BCUT2D eigenvalue weighted by Crippen LogP contribution is -2.03. The second-order valence-corrected chi connectivity index (χ2v) is 9.24. The molecule has 1 N–H and O–H groups in total. The van der Waals surface area contributed by atoms with E-state index in [1.165, 1.54) is 12.7 Å². The molecule has 0 atom stereocenters. The molecule has 192 valence electrons. The first-order valence-corrected chi connectivity index (χ1v) is 12.7. The molecule has 0 aromatic heterocycles. The molecule has 5 heteroatoms. The lowest BCUT2D eigenvalue weighted by molar-refractivity contribution is 0.0696. The van der Waals surface area contributed by atoms with Gasteiger partial charge < -0.3 is 9.84 Å². The van der Waals surface area contributed by atoms with Crippen LogP contribution in [0.1, 0.15) is 89.7 Å². The van der Waals surface area contributed by atoms with Crippen molar-refractivity contribution in [2.45, 2.75) is 52.4 Å². The molecule has 0 spiro atoms. The highest BCUT2D eigenvalue weighted by Crippen LogP contribution is 2.44. The van der Waals surface area contributed by atoms with Crippen molar-refractivity contribution in [3.8, 4) is 5.75 Å². The third-order valence-corrected chi connectivity index (χ3v) is 7.10. The van der Waals surface area contributed by atoms with E-state index < -0.39 is 12.4 Å². The van der Waals surface area contributed by atoms with Crippen molar-refractivity contribution in [3.63, 3.8) is 0 Å². The number of alkyl halides is 2. The first-order chi connectivity index (χ1) is 17.9. The number of aryl methyl sites for hydroxylation is 1. The lowest BCUT2D eigenvalue weighted by atomic mass is 9.85. The maximum absolute atomic E-state index is 14.4. The van der Waals surface area contributed by atoms with Crippen LogP contribution in [0, 0.1) is 0 Å². The monoisotopic (exact) mass is 502 g/mol. The smallest absolute Gasteiger partial charge is 0.335 e. The Hall–Kier alpha value is -3.73. The summed E-state index contributed by atoms with van der Waals surface area (Å²) in [7, 11) is 1.41. The number of carbonyl (C=O) groups is 1. The highest BCUT2D eigenvalue weighted by atomic mass is 19.3. The van der Waals surface area contributed by atoms with Gasteiger partial charge in [-0.1, -0.05) is 68.0 Å². The Kier molecular flexibility index (Phi) is 8.22. The van der Waals surface area contributed by atoms with Crippen molar-refractivity contribution in [3.05, 3.63) is 105 Å². The van der Waals surface area contributed by atoms with Crippen LogP contribution in [0.2, 0.25) is 0 Å². The molecule has 0 heterocycles. The zero-order chi connectivity index (χ0) is 26.5. The van der Waals surface area contributed by atoms with Crippen molar-refractivity contribution < 1.29 is 23.4 Å². The van der Waals surface area contributed by atoms with Crippen LogP contribution >= 0.6 is 0 Å². The zero-order valence-corrected chi connectivity index (χ0v) is 21.5. The predicted octanol–water partition coefficient (Wildman–Crippen LogP) is 8.83. The van der Waals surface area contributed by atoms with Gasteiger partial charge in [-0.05, 0) is 89.3 Å². The molecule has 3 aromatic rings. The van der Waals surface area contributed by atoms with E-state index in [0.29, 0.717) is 24.8 Å². The van der Waals surface area contributed by atoms with E-state index in [0.717, 1.165) is 46.2 Å². The lowest BCUT2D eigenvalue weighted by Gasteiger charge is -2.20. The molecule has 0 radical (unpaired) electrons. The number of methoxy groups -OCH3 is 1. The van der Waals surface area contributed by atoms with Gasteiger partial charge in [0.2, 0.25) is 0 Å². The van der Waals surface area contributed by atoms with Crippen LogP contribution in [0.15, 0.2) is 66.2 Å². The van der Waals surface area contributed by atoms with Crippen LogP contribution in [-0.4, -0.2) is 18.2 Å². The van der Waals surface area contributed by atoms with Crippen molar-refractivity contribution in [1.29, 1.82) is 0 Å². The number of halogens is 2. The number of allylic oxidation sites excluding steroid dienone is 2. The summed E-state index contributed by atoms with van der Waals surface area (Å²) in [5.74, 6) is -0.818. The first-order valence-electron chi connectivity index (χ1n) is 12.7. The summed E-state index contributed by atoms with van der Waals surface area (Å²) in [6.45, 7) is 4.28. The Morgan fingerprint density at radius 1 is 1.00 bits per heavy atom. The van der Waals surface area contributed by atoms with Crippen molar-refractivity contribution in [2.24, 2.45) is 0 Å². The molecule has 0 unspecified atom stereocenters. The molecule has 0 aliphatic heterocycles. The minimum Gasteiger partial charge on any atom is -0.496 e. The average Bonchev–Trinajstić information content (AvgIpc) is 3.10. The second-order valence-electron chi connectivity index (χ2n) is 9.24. The van der Waals surface area contributed by atoms with E-state index in [9.17, 15) is 18.7 Å². The fraction of sp³-hybridized carbons (Fsp3) is 0.281. The maximum atomic E-state index is 14.4. The van der Waals surface area contributed by atoms with Crippen LogP contribution < -0.4 is 4.74 Å². The van der Waals surface area contributed by atoms with E-state index >= 15 is 0 Å². The van der Waals surface area contributed by atoms with E-state index in [4.69, 9.17) is 4.74 Å². The number of benzene rings is 3. The van der Waals surface area contributed by atoms with E-state index in [1.54, 1.807) is 30.3 Å². The number of hydrogen-bond acceptors (Lipinski definition) is 2. The molecular weight excluding hydrogens is 470 g/mol. The number of fused-ring (bicyclic) bond motifs is 1. The fourth-order valence-corrected chi connectivity index (χ4v) is 5.17. The van der Waals surface area contributed by atoms with E-state index in [-0.39, 0.29) is 16.9 Å². The third-order valence-electron chi connectivity index (χ3n) is 7.10. The number of carboxylic acids is 1. The molecule has 0 saturated heterocycles. The van der Waals surface area contributed by atoms with Gasteiger partial charge in [-0.15, -0.1) is 0 Å². The molecule has 4 rings (SSSR count). The Balaban J connectivity index is 1.99. The maximum Gasteiger partial charge on any atom is 0.335 e. The average molecular weight is 503 g/mol. The summed E-state index contributed by atoms with van der Waals surface area (Å²) >= 11 is 0. The third kappa shape index (κ3) is 5.51. The van der Waals surface area contributed by atoms with Gasteiger partial charge in [-0.25, -0.2) is 13.6 Å². The van der Waals surface area contributed by atoms with Gasteiger partial charge in [-0.3, -0.25) is 0 Å². The largest absolute Gasteiger partial charge is 0.496 e. The molecule has 0 fully saturated rings. The zero-order valence-electron chi connectivity index (χ0n) is 21.5. The summed E-state index contributed by atoms with van der Waals surface area (Å²) in [6, 6.07) is 18.4. The summed E-state index contributed by atoms with van der Waals surface area (Å²) in [6.07, 6.45) is 3.41. The summed E-state index contributed by atoms with van der Waals surface area (Å²) < 4.78 is 34.1. The molecule has 0 saturated carbocycles. The normalized spacial score (nSPS) is 13.2. The molecule has 1 aliphatic carbocycles. The van der Waals surface area contributed by atoms with Crippen LogP contribution in [0.4, 0.5) is 8.78 Å². The van der Waals surface area contributed by atoms with Crippen LogP contribution in [0.5, 0.6) is 5.75 Å². The minimum atomic E-state index is -2.70. The van der Waals surface area contributed by atoms with Gasteiger partial charge in [0.15, 0.2) is 0 Å². The summed E-state index contributed by atoms with van der Waals surface area (Å²) in [5, 5.41) is 9.55. The van der Waals surface area contributed by atoms with Crippen molar-refractivity contribution in [1.82, 2.24) is 0 Å². The second kappa shape index (κ2) is 11.5. The molecule has 0 amide bonds. The highest BCUT2D eigenvalue weighted by molar-refractivity contribution is 6.01. The SMILES string of the molecule is CCC(=Cc1ccc(C2=C(c3cccc(OC)c3C(F)F)CCCc3cc(C(=O)O)ccc32)cc1)CC. The standard InChI is InChI=1S/C32H32F2O3/c1-4-20(5-2)18-21-12-14-22(15-13-21)29-25-17-16-24(32(35)36)19-23(25)8-6-9-26(29)27-10-7-11-28(37-3)30(27)31(33)34/h7,10-19,31H,4-6,8-9H2,1-3H3,(H,35,36). The Morgan fingerprint density at radius 2 is 1.73 bits per heavy atom. The van der Waals surface area contributed by atoms with E-state index in [1.807, 2.05) is 18.2 Å². The molecule has 3 nitrogen and oxygen atoms in total. The molecular formula is C32H32F2O3. The first kappa shape index (κ1) is 26.3. The quantitative estimate of drug-likeness (QED) is 0.335. The molecule has 37 heavy (non-hydrogen) atoms. The van der Waals surface area contributed by atoms with Gasteiger partial charge in [0.1, 0.15) is 5.75 Å². The van der Waals surface area contributed by atoms with Crippen LogP contribution in [-0.2, 0) is 6.42 Å². The summed E-state index contributed by atoms with van der Waals surface area (Å²) in [4.78, 5) is 11.7. The summed E-state index contributed by atoms with van der Waals surface area (Å²) in [5.41, 5.74) is 7.42. The van der Waals surface area contributed by atoms with Crippen molar-refractivity contribution >= 4 is 23.2 Å². The van der Waals surface area contributed by atoms with Crippen molar-refractivity contribution in [2.75, 3.05) is 7.11 Å². The number of rotatable bonds is 8. The fourth-order valence-electron chi connectivity index (χ4n) is 5.17. The van der Waals surface area contributed by atoms with Gasteiger partial charge >= 0.3 is 5.97 Å². The number of hydrogen-bond donors (Lipinski definition) is 1. The van der Waals surface area contributed by atoms with E-state index in [2.05, 4.69) is 32.1 Å². The topological polar surface area (TPSA) is 46.5 Å². The molecule has 1 aliphatic rings. The number of ether oxygens (including phenoxy) is 1. The van der Waals surface area contributed by atoms with Gasteiger partial charge in [0, 0.05) is 0 Å². The minimum absolute atomic E-state index is 0.113. The Morgan fingerprint density at radius 3 is 2.35 bits per heavy atom. The highest BCUT2D eigenvalue weighted by Gasteiger charge is 2.26. The van der Waals surface area contributed by atoms with Crippen LogP contribution in [0.3, 0.4) is 0 Å². The molecule has 3 aromatic carbocycles. The predicted molar refractivity (Wildman–Crippen MR) is 145 cm³/mol. The Bertz CT molecular complexity index is 1340. The Labute approximate surface area is 217 Å². The van der Waals surface area contributed by atoms with Gasteiger partial charge in [-0.2, -0.15) is 0 Å². The number of aromatic carboxylic acids is 1. The van der Waals surface area contributed by atoms with Gasteiger partial charge in [0.05, 0.1) is 18.2 Å².